The summed E-state index contributed by atoms with van der Waals surface area (Å²) in [4.78, 5) is 12.0. The van der Waals surface area contributed by atoms with Gasteiger partial charge in [0.2, 0.25) is 0 Å². The van der Waals surface area contributed by atoms with Gasteiger partial charge in [-0.3, -0.25) is 10.1 Å². The molecule has 1 fully saturated rings. The molecule has 0 aliphatic heterocycles. The van der Waals surface area contributed by atoms with Gasteiger partial charge in [-0.25, -0.2) is 0 Å². The Kier molecular flexibility index (Phi) is 5.71. The van der Waals surface area contributed by atoms with Crippen molar-refractivity contribution >= 4 is 23.1 Å². The summed E-state index contributed by atoms with van der Waals surface area (Å²) in [7, 11) is 0. The Morgan fingerprint density at radius 1 is 1.35 bits per heavy atom. The molecule has 1 N–H and O–H groups in total. The van der Waals surface area contributed by atoms with Crippen molar-refractivity contribution in [2.24, 2.45) is 0 Å². The maximum Gasteiger partial charge on any atom is 0.305 e. The number of hydrogen-bond acceptors (Lipinski definition) is 4. The molecule has 1 aliphatic rings. The van der Waals surface area contributed by atoms with Crippen LogP contribution in [-0.4, -0.2) is 16.7 Å². The van der Waals surface area contributed by atoms with Gasteiger partial charge in [0.15, 0.2) is 0 Å². The standard InChI is InChI=1S/C15H22N2O2S/c1-2-11-16-13-9-6-10-14(15(13)17(18)19)20-12-7-4-3-5-8-12/h6,9-10,12,16H,2-5,7-8,11H2,1H3. The van der Waals surface area contributed by atoms with Gasteiger partial charge in [0.1, 0.15) is 5.69 Å². The molecule has 0 spiro atoms. The van der Waals surface area contributed by atoms with Crippen molar-refractivity contribution in [2.45, 2.75) is 55.6 Å². The Bertz CT molecular complexity index is 459. The van der Waals surface area contributed by atoms with Crippen molar-refractivity contribution < 1.29 is 4.92 Å². The van der Waals surface area contributed by atoms with Crippen molar-refractivity contribution in [3.63, 3.8) is 0 Å². The first kappa shape index (κ1) is 15.2. The fourth-order valence-corrected chi connectivity index (χ4v) is 3.95. The van der Waals surface area contributed by atoms with Gasteiger partial charge in [0.25, 0.3) is 0 Å². The number of benzene rings is 1. The van der Waals surface area contributed by atoms with E-state index in [0.717, 1.165) is 17.9 Å². The third kappa shape index (κ3) is 3.88. The molecule has 0 unspecified atom stereocenters. The minimum Gasteiger partial charge on any atom is -0.379 e. The summed E-state index contributed by atoms with van der Waals surface area (Å²) in [6.45, 7) is 2.82. The molecule has 5 heteroatoms. The highest BCUT2D eigenvalue weighted by atomic mass is 32.2. The molecule has 0 atom stereocenters. The lowest BCUT2D eigenvalue weighted by molar-refractivity contribution is -0.386. The van der Waals surface area contributed by atoms with Crippen LogP contribution in [0.2, 0.25) is 0 Å². The minimum atomic E-state index is -0.247. The molecule has 0 bridgehead atoms. The molecule has 1 aromatic carbocycles. The topological polar surface area (TPSA) is 55.2 Å². The van der Waals surface area contributed by atoms with E-state index in [1.807, 2.05) is 12.1 Å². The van der Waals surface area contributed by atoms with Crippen LogP contribution < -0.4 is 5.32 Å². The third-order valence-electron chi connectivity index (χ3n) is 3.59. The van der Waals surface area contributed by atoms with Crippen molar-refractivity contribution in [3.05, 3.63) is 28.3 Å². The quantitative estimate of drug-likeness (QED) is 0.602. The number of thioether (sulfide) groups is 1. The molecule has 1 saturated carbocycles. The third-order valence-corrected chi connectivity index (χ3v) is 4.98. The highest BCUT2D eigenvalue weighted by Crippen LogP contribution is 2.41. The molecule has 1 aliphatic carbocycles. The van der Waals surface area contributed by atoms with Crippen molar-refractivity contribution in [2.75, 3.05) is 11.9 Å². The van der Waals surface area contributed by atoms with E-state index in [0.29, 0.717) is 10.9 Å². The van der Waals surface area contributed by atoms with Gasteiger partial charge in [-0.15, -0.1) is 11.8 Å². The minimum absolute atomic E-state index is 0.247. The van der Waals surface area contributed by atoms with Gasteiger partial charge in [-0.05, 0) is 31.4 Å². The van der Waals surface area contributed by atoms with Crippen LogP contribution in [0.25, 0.3) is 0 Å². The van der Waals surface area contributed by atoms with Crippen LogP contribution in [0.4, 0.5) is 11.4 Å². The molecule has 20 heavy (non-hydrogen) atoms. The summed E-state index contributed by atoms with van der Waals surface area (Å²) in [5.41, 5.74) is 0.897. The van der Waals surface area contributed by atoms with Crippen LogP contribution in [0.5, 0.6) is 0 Å². The highest BCUT2D eigenvalue weighted by Gasteiger charge is 2.23. The maximum atomic E-state index is 11.4. The lowest BCUT2D eigenvalue weighted by atomic mass is 10.0. The molecule has 4 nitrogen and oxygen atoms in total. The predicted octanol–water partition coefficient (Wildman–Crippen LogP) is 4.84. The zero-order valence-electron chi connectivity index (χ0n) is 11.9. The summed E-state index contributed by atoms with van der Waals surface area (Å²) >= 11 is 1.69. The SMILES string of the molecule is CCCNc1cccc(SC2CCCCC2)c1[N+](=O)[O-]. The Morgan fingerprint density at radius 3 is 2.75 bits per heavy atom. The second-order valence-electron chi connectivity index (χ2n) is 5.21. The fourth-order valence-electron chi connectivity index (χ4n) is 2.57. The number of nitro groups is 1. The van der Waals surface area contributed by atoms with Gasteiger partial charge in [-0.2, -0.15) is 0 Å². The summed E-state index contributed by atoms with van der Waals surface area (Å²) in [5, 5.41) is 15.1. The first-order valence-electron chi connectivity index (χ1n) is 7.40. The number of hydrogen-bond donors (Lipinski definition) is 1. The van der Waals surface area contributed by atoms with Crippen LogP contribution in [0.3, 0.4) is 0 Å². The second-order valence-corrected chi connectivity index (χ2v) is 6.56. The number of anilines is 1. The van der Waals surface area contributed by atoms with Gasteiger partial charge in [0.05, 0.1) is 9.82 Å². The average molecular weight is 294 g/mol. The van der Waals surface area contributed by atoms with Crippen LogP contribution in [0, 0.1) is 10.1 Å². The fraction of sp³-hybridized carbons (Fsp3) is 0.600. The molecule has 1 aromatic rings. The Labute approximate surface area is 124 Å². The van der Waals surface area contributed by atoms with Crippen molar-refractivity contribution in [1.82, 2.24) is 0 Å². The number of nitrogens with zero attached hydrogens (tertiary/aromatic N) is 1. The van der Waals surface area contributed by atoms with E-state index in [1.54, 1.807) is 17.8 Å². The summed E-state index contributed by atoms with van der Waals surface area (Å²) in [5.74, 6) is 0. The highest BCUT2D eigenvalue weighted by molar-refractivity contribution is 8.00. The lowest BCUT2D eigenvalue weighted by Gasteiger charge is -2.21. The van der Waals surface area contributed by atoms with Gasteiger partial charge < -0.3 is 5.32 Å². The summed E-state index contributed by atoms with van der Waals surface area (Å²) in [6.07, 6.45) is 7.11. The second kappa shape index (κ2) is 7.53. The van der Waals surface area contributed by atoms with Crippen LogP contribution in [0.15, 0.2) is 23.1 Å². The predicted molar refractivity (Wildman–Crippen MR) is 84.6 cm³/mol. The molecule has 0 heterocycles. The van der Waals surface area contributed by atoms with E-state index >= 15 is 0 Å². The average Bonchev–Trinajstić information content (AvgIpc) is 2.46. The normalized spacial score (nSPS) is 16.1. The molecule has 110 valence electrons. The largest absolute Gasteiger partial charge is 0.379 e. The van der Waals surface area contributed by atoms with Crippen LogP contribution >= 0.6 is 11.8 Å². The Morgan fingerprint density at radius 2 is 2.10 bits per heavy atom. The molecule has 2 rings (SSSR count). The molecule has 0 saturated heterocycles. The van der Waals surface area contributed by atoms with E-state index in [4.69, 9.17) is 0 Å². The Balaban J connectivity index is 2.19. The zero-order chi connectivity index (χ0) is 14.4. The van der Waals surface area contributed by atoms with Gasteiger partial charge in [-0.1, -0.05) is 32.3 Å². The smallest absolute Gasteiger partial charge is 0.305 e. The van der Waals surface area contributed by atoms with E-state index < -0.39 is 0 Å². The number of rotatable bonds is 6. The molecule has 0 amide bonds. The number of nitrogens with one attached hydrogen (secondary N) is 1. The van der Waals surface area contributed by atoms with Crippen molar-refractivity contribution in [1.29, 1.82) is 0 Å². The van der Waals surface area contributed by atoms with Crippen molar-refractivity contribution in [3.8, 4) is 0 Å². The van der Waals surface area contributed by atoms with E-state index in [9.17, 15) is 10.1 Å². The number of nitro benzene ring substituents is 1. The van der Waals surface area contributed by atoms with Gasteiger partial charge >= 0.3 is 5.69 Å². The first-order valence-corrected chi connectivity index (χ1v) is 8.28. The Hall–Kier alpha value is -1.23. The summed E-state index contributed by atoms with van der Waals surface area (Å²) in [6, 6.07) is 5.60. The molecular weight excluding hydrogens is 272 g/mol. The summed E-state index contributed by atoms with van der Waals surface area (Å²) < 4.78 is 0. The number of para-hydroxylation sites is 1. The van der Waals surface area contributed by atoms with E-state index in [-0.39, 0.29) is 10.6 Å². The van der Waals surface area contributed by atoms with E-state index in [1.165, 1.54) is 32.1 Å². The zero-order valence-corrected chi connectivity index (χ0v) is 12.7. The maximum absolute atomic E-state index is 11.4. The molecular formula is C15H22N2O2S. The lowest BCUT2D eigenvalue weighted by Crippen LogP contribution is -2.09. The monoisotopic (exact) mass is 294 g/mol. The van der Waals surface area contributed by atoms with Gasteiger partial charge in [0, 0.05) is 11.8 Å². The van der Waals surface area contributed by atoms with Crippen LogP contribution in [0.1, 0.15) is 45.4 Å². The molecule has 0 aromatic heterocycles. The molecule has 0 radical (unpaired) electrons. The first-order chi connectivity index (χ1) is 9.72. The van der Waals surface area contributed by atoms with Crippen LogP contribution in [-0.2, 0) is 0 Å². The van der Waals surface area contributed by atoms with E-state index in [2.05, 4.69) is 12.2 Å².